The monoisotopic (exact) mass is 413 g/mol. The number of H-pyrrole nitrogens is 1. The van der Waals surface area contributed by atoms with E-state index in [9.17, 15) is 9.59 Å². The Morgan fingerprint density at radius 3 is 2.65 bits per heavy atom. The van der Waals surface area contributed by atoms with Crippen LogP contribution in [0, 0.1) is 0 Å². The summed E-state index contributed by atoms with van der Waals surface area (Å²) in [7, 11) is 0. The summed E-state index contributed by atoms with van der Waals surface area (Å²) < 4.78 is 0.799. The van der Waals surface area contributed by atoms with Crippen LogP contribution in [0.3, 0.4) is 0 Å². The summed E-state index contributed by atoms with van der Waals surface area (Å²) >= 11 is 3.43. The van der Waals surface area contributed by atoms with Gasteiger partial charge >= 0.3 is 6.09 Å². The van der Waals surface area contributed by atoms with Crippen molar-refractivity contribution in [2.75, 3.05) is 13.1 Å². The fourth-order valence-corrected chi connectivity index (χ4v) is 3.93. The number of nitrogens with two attached hydrogens (primary N) is 1. The van der Waals surface area contributed by atoms with Crippen molar-refractivity contribution in [3.05, 3.63) is 52.0 Å². The van der Waals surface area contributed by atoms with Gasteiger partial charge in [0.25, 0.3) is 5.91 Å². The number of nitrogens with one attached hydrogen (secondary N) is 1. The zero-order chi connectivity index (χ0) is 18.4. The highest BCUT2D eigenvalue weighted by atomic mass is 79.9. The van der Waals surface area contributed by atoms with Crippen molar-refractivity contribution in [3.8, 4) is 0 Å². The molecule has 0 bridgehead atoms. The van der Waals surface area contributed by atoms with Gasteiger partial charge in [-0.15, -0.1) is 0 Å². The van der Waals surface area contributed by atoms with Crippen molar-refractivity contribution in [1.29, 1.82) is 0 Å². The molecule has 0 aliphatic carbocycles. The fourth-order valence-electron chi connectivity index (χ4n) is 3.47. The van der Waals surface area contributed by atoms with Crippen molar-refractivity contribution < 1.29 is 14.7 Å². The van der Waals surface area contributed by atoms with Gasteiger partial charge in [-0.25, -0.2) is 4.79 Å². The summed E-state index contributed by atoms with van der Waals surface area (Å²) in [6.07, 6.45) is 1.74. The lowest BCUT2D eigenvalue weighted by Gasteiger charge is -2.23. The largest absolute Gasteiger partial charge is 0.465 e. The molecule has 1 aromatic heterocycles. The molecule has 2 amide bonds. The van der Waals surface area contributed by atoms with E-state index in [1.165, 1.54) is 4.90 Å². The molecular formula is C19H16BrN3O3. The molecular weight excluding hydrogens is 398 g/mol. The highest BCUT2D eigenvalue weighted by Crippen LogP contribution is 2.33. The maximum absolute atomic E-state index is 11.8. The highest BCUT2D eigenvalue weighted by molar-refractivity contribution is 9.10. The lowest BCUT2D eigenvalue weighted by molar-refractivity contribution is 0.100. The molecule has 6 nitrogen and oxygen atoms in total. The summed E-state index contributed by atoms with van der Waals surface area (Å²) in [4.78, 5) is 27.5. The third kappa shape index (κ3) is 2.74. The molecule has 0 radical (unpaired) electrons. The SMILES string of the molecule is NC(=O)c1cc(Br)cc2c1[nH]c1cc(C3=CCN(C(=O)O)CC3)ccc12. The number of halogens is 1. The van der Waals surface area contributed by atoms with E-state index >= 15 is 0 Å². The molecule has 132 valence electrons. The molecule has 1 aliphatic heterocycles. The fraction of sp³-hybridized carbons (Fsp3) is 0.158. The van der Waals surface area contributed by atoms with Gasteiger partial charge in [0.2, 0.25) is 0 Å². The Hall–Kier alpha value is -2.80. The van der Waals surface area contributed by atoms with Crippen LogP contribution in [0.25, 0.3) is 27.4 Å². The van der Waals surface area contributed by atoms with E-state index in [0.717, 1.165) is 37.4 Å². The minimum atomic E-state index is -0.893. The number of benzene rings is 2. The van der Waals surface area contributed by atoms with Gasteiger partial charge in [-0.1, -0.05) is 34.1 Å². The Kier molecular flexibility index (Phi) is 3.96. The summed E-state index contributed by atoms with van der Waals surface area (Å²) in [5.74, 6) is -0.480. The zero-order valence-corrected chi connectivity index (χ0v) is 15.3. The first kappa shape index (κ1) is 16.7. The van der Waals surface area contributed by atoms with Gasteiger partial charge in [0.05, 0.1) is 11.1 Å². The van der Waals surface area contributed by atoms with Crippen molar-refractivity contribution in [2.45, 2.75) is 6.42 Å². The average Bonchev–Trinajstić information content (AvgIpc) is 2.98. The van der Waals surface area contributed by atoms with Crippen LogP contribution in [0.2, 0.25) is 0 Å². The van der Waals surface area contributed by atoms with E-state index in [1.807, 2.05) is 30.3 Å². The third-order valence-electron chi connectivity index (χ3n) is 4.79. The van der Waals surface area contributed by atoms with Crippen LogP contribution >= 0.6 is 15.9 Å². The normalized spacial score (nSPS) is 14.7. The molecule has 0 fully saturated rings. The lowest BCUT2D eigenvalue weighted by Crippen LogP contribution is -2.33. The van der Waals surface area contributed by atoms with E-state index in [-0.39, 0.29) is 0 Å². The van der Waals surface area contributed by atoms with Crippen molar-refractivity contribution in [3.63, 3.8) is 0 Å². The number of hydrogen-bond donors (Lipinski definition) is 3. The van der Waals surface area contributed by atoms with E-state index in [1.54, 1.807) is 6.07 Å². The Balaban J connectivity index is 1.81. The molecule has 0 atom stereocenters. The minimum absolute atomic E-state index is 0.397. The van der Waals surface area contributed by atoms with Crippen LogP contribution in [0.4, 0.5) is 4.79 Å². The van der Waals surface area contributed by atoms with E-state index < -0.39 is 12.0 Å². The minimum Gasteiger partial charge on any atom is -0.465 e. The van der Waals surface area contributed by atoms with Gasteiger partial charge in [-0.2, -0.15) is 0 Å². The Bertz CT molecular complexity index is 1100. The number of aromatic nitrogens is 1. The van der Waals surface area contributed by atoms with Crippen LogP contribution in [0.5, 0.6) is 0 Å². The van der Waals surface area contributed by atoms with Crippen molar-refractivity contribution in [2.24, 2.45) is 5.73 Å². The van der Waals surface area contributed by atoms with Crippen LogP contribution in [-0.4, -0.2) is 40.1 Å². The number of primary amides is 1. The van der Waals surface area contributed by atoms with Gasteiger partial charge in [0, 0.05) is 33.9 Å². The quantitative estimate of drug-likeness (QED) is 0.592. The number of carbonyl (C=O) groups excluding carboxylic acids is 1. The Morgan fingerprint density at radius 1 is 1.19 bits per heavy atom. The van der Waals surface area contributed by atoms with Crippen LogP contribution in [0.15, 0.2) is 40.9 Å². The van der Waals surface area contributed by atoms with Gasteiger partial charge in [0.15, 0.2) is 0 Å². The maximum Gasteiger partial charge on any atom is 0.407 e. The molecule has 0 unspecified atom stereocenters. The summed E-state index contributed by atoms with van der Waals surface area (Å²) in [6.45, 7) is 0.888. The summed E-state index contributed by atoms with van der Waals surface area (Å²) in [5, 5.41) is 11.0. The van der Waals surface area contributed by atoms with Gasteiger partial charge < -0.3 is 20.7 Å². The second kappa shape index (κ2) is 6.17. The molecule has 4 rings (SSSR count). The molecule has 0 saturated heterocycles. The van der Waals surface area contributed by atoms with Crippen LogP contribution in [0.1, 0.15) is 22.3 Å². The van der Waals surface area contributed by atoms with E-state index in [4.69, 9.17) is 10.8 Å². The summed E-state index contributed by atoms with van der Waals surface area (Å²) in [5.41, 5.74) is 9.77. The number of carbonyl (C=O) groups is 2. The smallest absolute Gasteiger partial charge is 0.407 e. The molecule has 2 heterocycles. The predicted octanol–water partition coefficient (Wildman–Crippen LogP) is 3.95. The first-order valence-corrected chi connectivity index (χ1v) is 8.95. The number of nitrogens with zero attached hydrogens (tertiary/aromatic N) is 1. The van der Waals surface area contributed by atoms with Gasteiger partial charge in [-0.3, -0.25) is 4.79 Å². The number of aromatic amines is 1. The zero-order valence-electron chi connectivity index (χ0n) is 13.8. The molecule has 2 aromatic carbocycles. The molecule has 3 aromatic rings. The number of fused-ring (bicyclic) bond motifs is 3. The molecule has 1 aliphatic rings. The van der Waals surface area contributed by atoms with E-state index in [2.05, 4.69) is 20.9 Å². The molecule has 0 saturated carbocycles. The maximum atomic E-state index is 11.8. The molecule has 26 heavy (non-hydrogen) atoms. The topological polar surface area (TPSA) is 99.4 Å². The number of rotatable bonds is 2. The van der Waals surface area contributed by atoms with Gasteiger partial charge in [-0.05, 0) is 35.8 Å². The van der Waals surface area contributed by atoms with Crippen molar-refractivity contribution in [1.82, 2.24) is 9.88 Å². The predicted molar refractivity (Wildman–Crippen MR) is 104 cm³/mol. The van der Waals surface area contributed by atoms with Gasteiger partial charge in [0.1, 0.15) is 0 Å². The lowest BCUT2D eigenvalue weighted by atomic mass is 9.98. The first-order chi connectivity index (χ1) is 12.4. The summed E-state index contributed by atoms with van der Waals surface area (Å²) in [6, 6.07) is 9.76. The Labute approximate surface area is 157 Å². The molecule has 7 heteroatoms. The van der Waals surface area contributed by atoms with Crippen molar-refractivity contribution >= 4 is 55.3 Å². The number of hydrogen-bond acceptors (Lipinski definition) is 2. The second-order valence-corrected chi connectivity index (χ2v) is 7.25. The highest BCUT2D eigenvalue weighted by Gasteiger charge is 2.18. The average molecular weight is 414 g/mol. The third-order valence-corrected chi connectivity index (χ3v) is 5.25. The molecule has 4 N–H and O–H groups in total. The Morgan fingerprint density at radius 2 is 2.00 bits per heavy atom. The standard InChI is InChI=1S/C19H16BrN3O3/c20-12-8-14-13-2-1-11(10-3-5-23(6-4-10)19(25)26)7-16(13)22-17(14)15(9-12)18(21)24/h1-3,7-9,22H,4-6H2,(H2,21,24)(H,25,26). The van der Waals surface area contributed by atoms with E-state index in [0.29, 0.717) is 25.1 Å². The molecule has 0 spiro atoms. The van der Waals surface area contributed by atoms with Crippen LogP contribution < -0.4 is 5.73 Å². The first-order valence-electron chi connectivity index (χ1n) is 8.16. The second-order valence-electron chi connectivity index (χ2n) is 6.33. The number of amides is 2. The van der Waals surface area contributed by atoms with Crippen LogP contribution in [-0.2, 0) is 0 Å². The number of carboxylic acid groups (broad SMARTS) is 1.